The molecule has 100 valence electrons. The summed E-state index contributed by atoms with van der Waals surface area (Å²) in [4.78, 5) is 10.4. The molecule has 0 saturated heterocycles. The number of nitro benzene ring substituents is 1. The van der Waals surface area contributed by atoms with Crippen LogP contribution in [0.4, 0.5) is 5.69 Å². The molecule has 6 nitrogen and oxygen atoms in total. The summed E-state index contributed by atoms with van der Waals surface area (Å²) >= 11 is 5.81. The number of aliphatic hydroxyl groups is 1. The molecule has 18 heavy (non-hydrogen) atoms. The molecule has 0 aliphatic carbocycles. The maximum atomic E-state index is 10.8. The Labute approximate surface area is 110 Å². The Balaban J connectivity index is 2.76. The molecule has 0 saturated carbocycles. The van der Waals surface area contributed by atoms with Gasteiger partial charge in [0.1, 0.15) is 0 Å². The zero-order valence-electron chi connectivity index (χ0n) is 9.93. The Morgan fingerprint density at radius 2 is 2.33 bits per heavy atom. The van der Waals surface area contributed by atoms with Gasteiger partial charge in [0.05, 0.1) is 24.2 Å². The number of ether oxygens (including phenoxy) is 1. The lowest BCUT2D eigenvalue weighted by molar-refractivity contribution is -0.385. The fraction of sp³-hybridized carbons (Fsp3) is 0.455. The second-order valence-electron chi connectivity index (χ2n) is 3.75. The monoisotopic (exact) mass is 274 g/mol. The highest BCUT2D eigenvalue weighted by Crippen LogP contribution is 2.22. The second kappa shape index (κ2) is 7.27. The Kier molecular flexibility index (Phi) is 6.00. The predicted octanol–water partition coefficient (Wildman–Crippen LogP) is 1.35. The minimum Gasteiger partial charge on any atom is -0.395 e. The quantitative estimate of drug-likeness (QED) is 0.579. The van der Waals surface area contributed by atoms with Crippen LogP contribution >= 0.6 is 11.6 Å². The summed E-state index contributed by atoms with van der Waals surface area (Å²) < 4.78 is 4.90. The fourth-order valence-corrected chi connectivity index (χ4v) is 1.70. The third-order valence-electron chi connectivity index (χ3n) is 2.41. The number of hydrogen-bond donors (Lipinski definition) is 2. The van der Waals surface area contributed by atoms with Crippen LogP contribution in [0.3, 0.4) is 0 Å². The summed E-state index contributed by atoms with van der Waals surface area (Å²) in [5.74, 6) is 0. The summed E-state index contributed by atoms with van der Waals surface area (Å²) in [6, 6.07) is 4.10. The number of nitrogens with zero attached hydrogens (tertiary/aromatic N) is 1. The van der Waals surface area contributed by atoms with Gasteiger partial charge in [-0.2, -0.15) is 0 Å². The molecule has 1 rings (SSSR count). The van der Waals surface area contributed by atoms with Crippen molar-refractivity contribution in [3.05, 3.63) is 38.9 Å². The van der Waals surface area contributed by atoms with Gasteiger partial charge in [-0.15, -0.1) is 0 Å². The number of halogens is 1. The fourth-order valence-electron chi connectivity index (χ4n) is 1.51. The van der Waals surface area contributed by atoms with E-state index in [0.29, 0.717) is 17.2 Å². The molecule has 0 fully saturated rings. The zero-order chi connectivity index (χ0) is 13.5. The van der Waals surface area contributed by atoms with Gasteiger partial charge in [0.15, 0.2) is 0 Å². The van der Waals surface area contributed by atoms with Gasteiger partial charge in [-0.3, -0.25) is 10.1 Å². The molecule has 2 N–H and O–H groups in total. The van der Waals surface area contributed by atoms with Crippen LogP contribution in [0.1, 0.15) is 5.56 Å². The lowest BCUT2D eigenvalue weighted by Crippen LogP contribution is -2.36. The lowest BCUT2D eigenvalue weighted by atomic mass is 10.1. The molecule has 1 atom stereocenters. The molecule has 1 unspecified atom stereocenters. The highest BCUT2D eigenvalue weighted by Gasteiger charge is 2.15. The van der Waals surface area contributed by atoms with E-state index in [0.717, 1.165) is 0 Å². The maximum absolute atomic E-state index is 10.8. The minimum absolute atomic E-state index is 0.000932. The minimum atomic E-state index is -0.461. The molecule has 1 aromatic carbocycles. The lowest BCUT2D eigenvalue weighted by Gasteiger charge is -2.15. The molecule has 0 aromatic heterocycles. The second-order valence-corrected chi connectivity index (χ2v) is 4.18. The van der Waals surface area contributed by atoms with Crippen LogP contribution in [-0.2, 0) is 11.3 Å². The summed E-state index contributed by atoms with van der Waals surface area (Å²) in [5, 5.41) is 23.3. The third kappa shape index (κ3) is 4.23. The smallest absolute Gasteiger partial charge is 0.273 e. The van der Waals surface area contributed by atoms with Crippen molar-refractivity contribution in [2.24, 2.45) is 0 Å². The van der Waals surface area contributed by atoms with Gasteiger partial charge in [0.25, 0.3) is 5.69 Å². The first-order valence-electron chi connectivity index (χ1n) is 5.34. The van der Waals surface area contributed by atoms with E-state index >= 15 is 0 Å². The highest BCUT2D eigenvalue weighted by atomic mass is 35.5. The molecule has 0 heterocycles. The largest absolute Gasteiger partial charge is 0.395 e. The molecule has 0 aliphatic heterocycles. The van der Waals surface area contributed by atoms with Gasteiger partial charge in [-0.05, 0) is 12.1 Å². The standard InChI is InChI=1S/C11H15ClN2O4/c1-18-7-10(6-15)13-5-8-4-9(12)2-3-11(8)14(16)17/h2-4,10,13,15H,5-7H2,1H3. The number of nitrogens with one attached hydrogen (secondary N) is 1. The zero-order valence-corrected chi connectivity index (χ0v) is 10.7. The highest BCUT2D eigenvalue weighted by molar-refractivity contribution is 6.30. The average molecular weight is 275 g/mol. The maximum Gasteiger partial charge on any atom is 0.273 e. The number of methoxy groups -OCH3 is 1. The Morgan fingerprint density at radius 1 is 1.61 bits per heavy atom. The summed E-state index contributed by atoms with van der Waals surface area (Å²) in [6.07, 6.45) is 0. The Hall–Kier alpha value is -1.21. The van der Waals surface area contributed by atoms with Crippen LogP contribution in [0, 0.1) is 10.1 Å². The van der Waals surface area contributed by atoms with Crippen molar-refractivity contribution in [2.75, 3.05) is 20.3 Å². The van der Waals surface area contributed by atoms with Crippen LogP contribution in [0.25, 0.3) is 0 Å². The van der Waals surface area contributed by atoms with Gasteiger partial charge in [0, 0.05) is 30.3 Å². The van der Waals surface area contributed by atoms with Crippen LogP contribution in [-0.4, -0.2) is 36.4 Å². The van der Waals surface area contributed by atoms with E-state index < -0.39 is 4.92 Å². The number of nitro groups is 1. The van der Waals surface area contributed by atoms with Gasteiger partial charge < -0.3 is 15.2 Å². The summed E-state index contributed by atoms with van der Waals surface area (Å²) in [7, 11) is 1.52. The Bertz CT molecular complexity index is 414. The van der Waals surface area contributed by atoms with E-state index in [1.54, 1.807) is 0 Å². The van der Waals surface area contributed by atoms with E-state index in [1.807, 2.05) is 0 Å². The first-order chi connectivity index (χ1) is 8.58. The van der Waals surface area contributed by atoms with E-state index in [4.69, 9.17) is 21.4 Å². The molecule has 1 aromatic rings. The molecule has 0 amide bonds. The number of aliphatic hydroxyl groups excluding tert-OH is 1. The number of rotatable bonds is 7. The van der Waals surface area contributed by atoms with E-state index in [-0.39, 0.29) is 24.9 Å². The SMILES string of the molecule is COCC(CO)NCc1cc(Cl)ccc1[N+](=O)[O-]. The van der Waals surface area contributed by atoms with Crippen LogP contribution in [0.2, 0.25) is 5.02 Å². The molecular weight excluding hydrogens is 260 g/mol. The van der Waals surface area contributed by atoms with Gasteiger partial charge >= 0.3 is 0 Å². The van der Waals surface area contributed by atoms with E-state index in [1.165, 1.54) is 25.3 Å². The predicted molar refractivity (Wildman–Crippen MR) is 67.7 cm³/mol. The van der Waals surface area contributed by atoms with Crippen LogP contribution in [0.15, 0.2) is 18.2 Å². The van der Waals surface area contributed by atoms with Crippen molar-refractivity contribution < 1.29 is 14.8 Å². The van der Waals surface area contributed by atoms with E-state index in [2.05, 4.69) is 5.32 Å². The van der Waals surface area contributed by atoms with Gasteiger partial charge in [0.2, 0.25) is 0 Å². The first-order valence-corrected chi connectivity index (χ1v) is 5.72. The molecular formula is C11H15ClN2O4. The Morgan fingerprint density at radius 3 is 2.89 bits per heavy atom. The number of benzene rings is 1. The van der Waals surface area contributed by atoms with Crippen molar-refractivity contribution in [3.63, 3.8) is 0 Å². The van der Waals surface area contributed by atoms with Crippen molar-refractivity contribution in [1.82, 2.24) is 5.32 Å². The average Bonchev–Trinajstić information content (AvgIpc) is 2.34. The third-order valence-corrected chi connectivity index (χ3v) is 2.64. The molecule has 0 spiro atoms. The normalized spacial score (nSPS) is 12.4. The molecule has 0 radical (unpaired) electrons. The van der Waals surface area contributed by atoms with Crippen molar-refractivity contribution >= 4 is 17.3 Å². The molecule has 0 bridgehead atoms. The topological polar surface area (TPSA) is 84.6 Å². The van der Waals surface area contributed by atoms with Crippen molar-refractivity contribution in [2.45, 2.75) is 12.6 Å². The van der Waals surface area contributed by atoms with Crippen molar-refractivity contribution in [3.8, 4) is 0 Å². The molecule has 0 aliphatic rings. The van der Waals surface area contributed by atoms with Gasteiger partial charge in [-0.25, -0.2) is 0 Å². The molecule has 7 heteroatoms. The summed E-state index contributed by atoms with van der Waals surface area (Å²) in [5.41, 5.74) is 0.475. The van der Waals surface area contributed by atoms with Gasteiger partial charge in [-0.1, -0.05) is 11.6 Å². The number of hydrogen-bond acceptors (Lipinski definition) is 5. The van der Waals surface area contributed by atoms with Crippen LogP contribution < -0.4 is 5.32 Å². The van der Waals surface area contributed by atoms with Crippen molar-refractivity contribution in [1.29, 1.82) is 0 Å². The summed E-state index contributed by atoms with van der Waals surface area (Å²) in [6.45, 7) is 0.457. The van der Waals surface area contributed by atoms with Crippen LogP contribution in [0.5, 0.6) is 0 Å². The van der Waals surface area contributed by atoms with E-state index in [9.17, 15) is 10.1 Å². The first kappa shape index (κ1) is 14.8.